The van der Waals surface area contributed by atoms with Crippen molar-refractivity contribution in [3.8, 4) is 11.1 Å². The number of benzene rings is 3. The summed E-state index contributed by atoms with van der Waals surface area (Å²) in [6, 6.07) is 26.1. The van der Waals surface area contributed by atoms with Crippen molar-refractivity contribution in [2.75, 3.05) is 27.2 Å². The van der Waals surface area contributed by atoms with Crippen molar-refractivity contribution in [2.45, 2.75) is 69.7 Å². The van der Waals surface area contributed by atoms with Crippen LogP contribution in [0.1, 0.15) is 44.2 Å². The highest BCUT2D eigenvalue weighted by atomic mass is 16.3. The van der Waals surface area contributed by atoms with Gasteiger partial charge in [0.25, 0.3) is 0 Å². The maximum Gasteiger partial charge on any atom is 0.246 e. The zero-order chi connectivity index (χ0) is 33.3. The molecule has 244 valence electrons. The Bertz CT molecular complexity index is 1460. The number of carbonyl (C=O) groups excluding carboxylic acids is 3. The minimum Gasteiger partial charge on any atom is -0.393 e. The second-order valence-electron chi connectivity index (χ2n) is 13.0. The van der Waals surface area contributed by atoms with Crippen molar-refractivity contribution >= 4 is 17.7 Å². The summed E-state index contributed by atoms with van der Waals surface area (Å²) in [6.07, 6.45) is 4.92. The lowest BCUT2D eigenvalue weighted by Gasteiger charge is -2.38. The molecule has 2 atom stereocenters. The second kappa shape index (κ2) is 15.8. The van der Waals surface area contributed by atoms with E-state index in [2.05, 4.69) is 0 Å². The lowest BCUT2D eigenvalue weighted by atomic mass is 9.97. The van der Waals surface area contributed by atoms with Crippen LogP contribution < -0.4 is 5.73 Å². The van der Waals surface area contributed by atoms with Crippen molar-refractivity contribution in [1.82, 2.24) is 14.7 Å². The number of rotatable bonds is 12. The van der Waals surface area contributed by atoms with Crippen LogP contribution in [0.3, 0.4) is 0 Å². The zero-order valence-electron chi connectivity index (χ0n) is 27.5. The van der Waals surface area contributed by atoms with Crippen molar-refractivity contribution in [2.24, 2.45) is 5.73 Å². The van der Waals surface area contributed by atoms with Crippen LogP contribution in [0, 0.1) is 0 Å². The highest BCUT2D eigenvalue weighted by molar-refractivity contribution is 5.95. The van der Waals surface area contributed by atoms with Gasteiger partial charge in [-0.25, -0.2) is 0 Å². The van der Waals surface area contributed by atoms with Gasteiger partial charge in [0.05, 0.1) is 6.10 Å². The van der Waals surface area contributed by atoms with Gasteiger partial charge in [-0.15, -0.1) is 0 Å². The molecular formula is C38H48N4O4. The Morgan fingerprint density at radius 1 is 0.826 bits per heavy atom. The van der Waals surface area contributed by atoms with Crippen LogP contribution >= 0.6 is 0 Å². The van der Waals surface area contributed by atoms with Gasteiger partial charge in [-0.3, -0.25) is 14.4 Å². The Morgan fingerprint density at radius 3 is 1.93 bits per heavy atom. The third-order valence-electron chi connectivity index (χ3n) is 8.64. The van der Waals surface area contributed by atoms with E-state index in [4.69, 9.17) is 5.73 Å². The van der Waals surface area contributed by atoms with Crippen molar-refractivity contribution in [3.63, 3.8) is 0 Å². The first-order valence-electron chi connectivity index (χ1n) is 16.1. The predicted molar refractivity (Wildman–Crippen MR) is 183 cm³/mol. The SMILES string of the molecule is CN(C(=O)C=CCC(C)(C)N)[C@H](Cc1ccc(-c2ccccc2)cc1)C(=O)N(C)[C@H](Cc1ccccc1)C(=O)N1CCC(O)CC1. The molecule has 0 spiro atoms. The minimum absolute atomic E-state index is 0.156. The number of nitrogens with two attached hydrogens (primary N) is 1. The van der Waals surface area contributed by atoms with E-state index in [0.717, 1.165) is 22.3 Å². The fourth-order valence-electron chi connectivity index (χ4n) is 5.72. The van der Waals surface area contributed by atoms with Gasteiger partial charge in [0, 0.05) is 45.6 Å². The predicted octanol–water partition coefficient (Wildman–Crippen LogP) is 4.46. The van der Waals surface area contributed by atoms with Crippen molar-refractivity contribution < 1.29 is 19.5 Å². The molecule has 0 saturated carbocycles. The van der Waals surface area contributed by atoms with Gasteiger partial charge in [0.1, 0.15) is 12.1 Å². The summed E-state index contributed by atoms with van der Waals surface area (Å²) in [6.45, 7) is 4.65. The molecule has 1 fully saturated rings. The van der Waals surface area contributed by atoms with Crippen molar-refractivity contribution in [1.29, 1.82) is 0 Å². The fourth-order valence-corrected chi connectivity index (χ4v) is 5.72. The number of piperidine rings is 1. The van der Waals surface area contributed by atoms with E-state index >= 15 is 0 Å². The summed E-state index contributed by atoms with van der Waals surface area (Å²) >= 11 is 0. The molecule has 3 amide bonds. The fraction of sp³-hybridized carbons (Fsp3) is 0.395. The quantitative estimate of drug-likeness (QED) is 0.290. The molecule has 0 aliphatic carbocycles. The molecule has 0 aromatic heterocycles. The molecule has 0 unspecified atom stereocenters. The number of hydrogen-bond donors (Lipinski definition) is 2. The first kappa shape index (κ1) is 34.6. The normalized spacial score (nSPS) is 15.4. The van der Waals surface area contributed by atoms with Crippen LogP contribution in [-0.2, 0) is 27.2 Å². The summed E-state index contributed by atoms with van der Waals surface area (Å²) in [4.78, 5) is 46.6. The Kier molecular flexibility index (Phi) is 11.9. The summed E-state index contributed by atoms with van der Waals surface area (Å²) in [5.41, 5.74) is 9.62. The molecule has 4 rings (SSSR count). The van der Waals surface area contributed by atoms with Gasteiger partial charge >= 0.3 is 0 Å². The van der Waals surface area contributed by atoms with Crippen LogP contribution in [0.2, 0.25) is 0 Å². The highest BCUT2D eigenvalue weighted by Gasteiger charge is 2.37. The van der Waals surface area contributed by atoms with Crippen LogP contribution in [-0.4, -0.2) is 88.4 Å². The van der Waals surface area contributed by atoms with E-state index in [-0.39, 0.29) is 24.1 Å². The standard InChI is InChI=1S/C38H48N4O4/c1-38(2,39)23-11-16-35(44)40(3)33(27-29-17-19-31(20-18-29)30-14-9-6-10-15-30)36(45)41(4)34(26-28-12-7-5-8-13-28)37(46)42-24-21-32(43)22-25-42/h5-20,32-34,43H,21-27,39H2,1-4H3/t33-,34-/m1/s1. The molecule has 3 aromatic carbocycles. The van der Waals surface area contributed by atoms with Gasteiger partial charge in [0.15, 0.2) is 0 Å². The molecular weight excluding hydrogens is 576 g/mol. The Hall–Kier alpha value is -4.27. The van der Waals surface area contributed by atoms with Crippen LogP contribution in [0.15, 0.2) is 97.1 Å². The molecule has 46 heavy (non-hydrogen) atoms. The van der Waals surface area contributed by atoms with E-state index < -0.39 is 23.7 Å². The van der Waals surface area contributed by atoms with Crippen LogP contribution in [0.4, 0.5) is 0 Å². The summed E-state index contributed by atoms with van der Waals surface area (Å²) < 4.78 is 0. The number of amides is 3. The molecule has 8 heteroatoms. The number of aliphatic hydroxyl groups excluding tert-OH is 1. The molecule has 1 heterocycles. The molecule has 1 aliphatic rings. The number of likely N-dealkylation sites (tertiary alicyclic amines) is 1. The van der Waals surface area contributed by atoms with E-state index in [1.807, 2.05) is 98.8 Å². The van der Waals surface area contributed by atoms with Gasteiger partial charge in [0.2, 0.25) is 17.7 Å². The van der Waals surface area contributed by atoms with E-state index in [0.29, 0.717) is 38.8 Å². The summed E-state index contributed by atoms with van der Waals surface area (Å²) in [5.74, 6) is -0.786. The summed E-state index contributed by atoms with van der Waals surface area (Å²) in [5, 5.41) is 10.0. The first-order chi connectivity index (χ1) is 21.9. The largest absolute Gasteiger partial charge is 0.393 e. The monoisotopic (exact) mass is 624 g/mol. The number of nitrogens with zero attached hydrogens (tertiary/aromatic N) is 3. The lowest BCUT2D eigenvalue weighted by Crippen LogP contribution is -2.57. The van der Waals surface area contributed by atoms with Crippen LogP contribution in [0.5, 0.6) is 0 Å². The van der Waals surface area contributed by atoms with Crippen LogP contribution in [0.25, 0.3) is 11.1 Å². The number of carbonyl (C=O) groups is 3. The summed E-state index contributed by atoms with van der Waals surface area (Å²) in [7, 11) is 3.29. The van der Waals surface area contributed by atoms with Gasteiger partial charge in [-0.05, 0) is 61.4 Å². The highest BCUT2D eigenvalue weighted by Crippen LogP contribution is 2.22. The van der Waals surface area contributed by atoms with Crippen molar-refractivity contribution in [3.05, 3.63) is 108 Å². The molecule has 1 aliphatic heterocycles. The Morgan fingerprint density at radius 2 is 1.35 bits per heavy atom. The lowest BCUT2D eigenvalue weighted by molar-refractivity contribution is -0.150. The Labute approximate surface area is 273 Å². The molecule has 0 radical (unpaired) electrons. The maximum absolute atomic E-state index is 14.5. The molecule has 0 bridgehead atoms. The smallest absolute Gasteiger partial charge is 0.246 e. The topological polar surface area (TPSA) is 107 Å². The van der Waals surface area contributed by atoms with Gasteiger partial charge in [-0.1, -0.05) is 91.0 Å². The Balaban J connectivity index is 1.63. The minimum atomic E-state index is -0.857. The number of likely N-dealkylation sites (N-methyl/N-ethyl adjacent to an activating group) is 2. The second-order valence-corrected chi connectivity index (χ2v) is 13.0. The average Bonchev–Trinajstić information content (AvgIpc) is 3.05. The third-order valence-corrected chi connectivity index (χ3v) is 8.64. The van der Waals surface area contributed by atoms with E-state index in [9.17, 15) is 19.5 Å². The average molecular weight is 625 g/mol. The van der Waals surface area contributed by atoms with Gasteiger partial charge < -0.3 is 25.5 Å². The van der Waals surface area contributed by atoms with E-state index in [1.165, 1.54) is 15.9 Å². The first-order valence-corrected chi connectivity index (χ1v) is 16.1. The molecule has 3 N–H and O–H groups in total. The molecule has 1 saturated heterocycles. The van der Waals surface area contributed by atoms with Gasteiger partial charge in [-0.2, -0.15) is 0 Å². The molecule has 3 aromatic rings. The van der Waals surface area contributed by atoms with E-state index in [1.54, 1.807) is 25.1 Å². The third kappa shape index (κ3) is 9.61. The number of hydrogen-bond acceptors (Lipinski definition) is 5. The number of aliphatic hydroxyl groups is 1. The zero-order valence-corrected chi connectivity index (χ0v) is 27.5. The maximum atomic E-state index is 14.5. The molecule has 8 nitrogen and oxygen atoms in total.